The molecule has 2 aromatic heterocycles. The molecule has 20 heavy (non-hydrogen) atoms. The van der Waals surface area contributed by atoms with Crippen molar-refractivity contribution in [2.75, 3.05) is 10.5 Å². The first-order valence-electron chi connectivity index (χ1n) is 5.81. The van der Waals surface area contributed by atoms with Gasteiger partial charge in [-0.2, -0.15) is 5.10 Å². The van der Waals surface area contributed by atoms with Gasteiger partial charge in [0.25, 0.3) is 10.0 Å². The molecule has 0 aliphatic carbocycles. The van der Waals surface area contributed by atoms with Crippen molar-refractivity contribution in [2.24, 2.45) is 0 Å². The highest BCUT2D eigenvalue weighted by Crippen LogP contribution is 2.22. The number of aromatic nitrogens is 3. The lowest BCUT2D eigenvalue weighted by atomic mass is 10.3. The average molecular weight is 360 g/mol. The summed E-state index contributed by atoms with van der Waals surface area (Å²) in [5.41, 5.74) is 6.34. The van der Waals surface area contributed by atoms with E-state index in [9.17, 15) is 8.42 Å². The van der Waals surface area contributed by atoms with E-state index in [1.165, 1.54) is 17.1 Å². The van der Waals surface area contributed by atoms with Crippen LogP contribution in [-0.2, 0) is 16.6 Å². The Morgan fingerprint density at radius 1 is 1.50 bits per heavy atom. The maximum absolute atomic E-state index is 12.3. The quantitative estimate of drug-likeness (QED) is 0.865. The first kappa shape index (κ1) is 14.8. The molecule has 108 valence electrons. The summed E-state index contributed by atoms with van der Waals surface area (Å²) in [6.07, 6.45) is 2.91. The summed E-state index contributed by atoms with van der Waals surface area (Å²) in [5.74, 6) is 0.228. The van der Waals surface area contributed by atoms with Gasteiger partial charge in [-0.15, -0.1) is 0 Å². The van der Waals surface area contributed by atoms with E-state index in [0.717, 1.165) is 4.47 Å². The molecule has 0 bridgehead atoms. The minimum Gasteiger partial charge on any atom is -0.381 e. The molecule has 0 saturated heterocycles. The van der Waals surface area contributed by atoms with Crippen LogP contribution in [0.4, 0.5) is 11.6 Å². The fourth-order valence-electron chi connectivity index (χ4n) is 1.62. The Morgan fingerprint density at radius 3 is 2.75 bits per heavy atom. The second-order valence-corrected chi connectivity index (χ2v) is 6.73. The van der Waals surface area contributed by atoms with Gasteiger partial charge in [0.2, 0.25) is 0 Å². The smallest absolute Gasteiger partial charge is 0.268 e. The minimum atomic E-state index is -3.80. The summed E-state index contributed by atoms with van der Waals surface area (Å²) in [6, 6.07) is 1.77. The summed E-state index contributed by atoms with van der Waals surface area (Å²) in [7, 11) is -3.80. The number of halogens is 1. The molecule has 0 aromatic carbocycles. The van der Waals surface area contributed by atoms with E-state index in [2.05, 4.69) is 30.7 Å². The van der Waals surface area contributed by atoms with Gasteiger partial charge in [0, 0.05) is 23.4 Å². The summed E-state index contributed by atoms with van der Waals surface area (Å²) < 4.78 is 29.2. The van der Waals surface area contributed by atoms with Gasteiger partial charge in [0.15, 0.2) is 5.82 Å². The van der Waals surface area contributed by atoms with E-state index in [-0.39, 0.29) is 16.5 Å². The molecule has 0 fully saturated rings. The number of sulfonamides is 1. The molecular formula is C11H14BrN5O2S. The zero-order chi connectivity index (χ0) is 14.9. The van der Waals surface area contributed by atoms with E-state index < -0.39 is 10.0 Å². The van der Waals surface area contributed by atoms with Crippen LogP contribution in [0.15, 0.2) is 27.8 Å². The number of hydrogen-bond donors (Lipinski definition) is 2. The lowest BCUT2D eigenvalue weighted by Gasteiger charge is -2.08. The second kappa shape index (κ2) is 5.41. The predicted octanol–water partition coefficient (Wildman–Crippen LogP) is 1.75. The van der Waals surface area contributed by atoms with Crippen molar-refractivity contribution in [1.82, 2.24) is 14.8 Å². The topological polar surface area (TPSA) is 103 Å². The molecule has 0 spiro atoms. The Morgan fingerprint density at radius 2 is 2.20 bits per heavy atom. The van der Waals surface area contributed by atoms with E-state index in [1.54, 1.807) is 13.0 Å². The molecule has 2 aromatic rings. The monoisotopic (exact) mass is 359 g/mol. The highest BCUT2D eigenvalue weighted by molar-refractivity contribution is 9.10. The van der Waals surface area contributed by atoms with Crippen molar-refractivity contribution in [3.8, 4) is 0 Å². The van der Waals surface area contributed by atoms with Crippen LogP contribution in [0, 0.1) is 6.92 Å². The number of rotatable bonds is 4. The number of nitrogens with one attached hydrogen (secondary N) is 1. The van der Waals surface area contributed by atoms with Gasteiger partial charge in [-0.3, -0.25) is 9.40 Å². The third-order valence-corrected chi connectivity index (χ3v) is 4.43. The van der Waals surface area contributed by atoms with Crippen LogP contribution >= 0.6 is 15.9 Å². The van der Waals surface area contributed by atoms with Crippen LogP contribution in [-0.4, -0.2) is 23.2 Å². The first-order valence-corrected chi connectivity index (χ1v) is 8.09. The maximum Gasteiger partial charge on any atom is 0.268 e. The van der Waals surface area contributed by atoms with Gasteiger partial charge in [0.05, 0.1) is 0 Å². The molecule has 7 nitrogen and oxygen atoms in total. The Balaban J connectivity index is 2.38. The number of nitrogens with two attached hydrogens (primary N) is 1. The van der Waals surface area contributed by atoms with Crippen LogP contribution in [0.2, 0.25) is 0 Å². The van der Waals surface area contributed by atoms with Crippen molar-refractivity contribution in [2.45, 2.75) is 25.3 Å². The lowest BCUT2D eigenvalue weighted by Crippen LogP contribution is -2.15. The van der Waals surface area contributed by atoms with Gasteiger partial charge in [-0.1, -0.05) is 0 Å². The summed E-state index contributed by atoms with van der Waals surface area (Å²) in [4.78, 5) is 3.99. The van der Waals surface area contributed by atoms with Gasteiger partial charge in [-0.05, 0) is 41.4 Å². The van der Waals surface area contributed by atoms with Crippen LogP contribution in [0.3, 0.4) is 0 Å². The van der Waals surface area contributed by atoms with Gasteiger partial charge < -0.3 is 5.73 Å². The van der Waals surface area contributed by atoms with Crippen LogP contribution in [0.1, 0.15) is 12.5 Å². The molecule has 2 rings (SSSR count). The number of anilines is 2. The molecule has 0 aliphatic rings. The highest BCUT2D eigenvalue weighted by atomic mass is 79.9. The zero-order valence-electron chi connectivity index (χ0n) is 11.0. The molecule has 0 saturated carbocycles. The average Bonchev–Trinajstić information content (AvgIpc) is 2.75. The van der Waals surface area contributed by atoms with Crippen LogP contribution in [0.5, 0.6) is 0 Å². The Kier molecular flexibility index (Phi) is 4.00. The maximum atomic E-state index is 12.3. The van der Waals surface area contributed by atoms with Crippen molar-refractivity contribution in [3.05, 3.63) is 28.5 Å². The molecular weight excluding hydrogens is 346 g/mol. The molecule has 9 heteroatoms. The Hall–Kier alpha value is -1.61. The standard InChI is InChI=1S/C11H14BrN5O2S/c1-3-17-6-9(10(13)15-17)20(18,19)16-11-7(2)4-8(12)5-14-11/h4-6H,3H2,1-2H3,(H2,13,15)(H,14,16). The number of nitrogens with zero attached hydrogens (tertiary/aromatic N) is 3. The number of hydrogen-bond acceptors (Lipinski definition) is 5. The van der Waals surface area contributed by atoms with Crippen molar-refractivity contribution < 1.29 is 8.42 Å². The molecule has 0 aliphatic heterocycles. The molecule has 2 heterocycles. The van der Waals surface area contributed by atoms with Crippen molar-refractivity contribution >= 4 is 37.6 Å². The fraction of sp³-hybridized carbons (Fsp3) is 0.273. The van der Waals surface area contributed by atoms with Crippen molar-refractivity contribution in [1.29, 1.82) is 0 Å². The van der Waals surface area contributed by atoms with Gasteiger partial charge in [0.1, 0.15) is 10.7 Å². The molecule has 3 N–H and O–H groups in total. The third-order valence-electron chi connectivity index (χ3n) is 2.64. The molecule has 0 radical (unpaired) electrons. The Bertz CT molecular complexity index is 741. The minimum absolute atomic E-state index is 0.0332. The van der Waals surface area contributed by atoms with E-state index in [0.29, 0.717) is 12.1 Å². The highest BCUT2D eigenvalue weighted by Gasteiger charge is 2.22. The number of nitrogen functional groups attached to an aromatic ring is 1. The normalized spacial score (nSPS) is 11.6. The number of aryl methyl sites for hydroxylation is 2. The lowest BCUT2D eigenvalue weighted by molar-refractivity contribution is 0.600. The van der Waals surface area contributed by atoms with E-state index in [4.69, 9.17) is 5.73 Å². The molecule has 0 atom stereocenters. The number of pyridine rings is 1. The first-order chi connectivity index (χ1) is 9.33. The van der Waals surface area contributed by atoms with Crippen molar-refractivity contribution in [3.63, 3.8) is 0 Å². The third kappa shape index (κ3) is 2.93. The molecule has 0 amide bonds. The Labute approximate surface area is 125 Å². The van der Waals surface area contributed by atoms with Crippen LogP contribution in [0.25, 0.3) is 0 Å². The predicted molar refractivity (Wildman–Crippen MR) is 79.8 cm³/mol. The largest absolute Gasteiger partial charge is 0.381 e. The molecule has 0 unspecified atom stereocenters. The summed E-state index contributed by atoms with van der Waals surface area (Å²) in [5, 5.41) is 3.92. The summed E-state index contributed by atoms with van der Waals surface area (Å²) >= 11 is 3.27. The van der Waals surface area contributed by atoms with E-state index in [1.807, 2.05) is 6.92 Å². The van der Waals surface area contributed by atoms with Gasteiger partial charge >= 0.3 is 0 Å². The SMILES string of the molecule is CCn1cc(S(=O)(=O)Nc2ncc(Br)cc2C)c(N)n1. The fourth-order valence-corrected chi connectivity index (χ4v) is 3.22. The summed E-state index contributed by atoms with van der Waals surface area (Å²) in [6.45, 7) is 4.14. The zero-order valence-corrected chi connectivity index (χ0v) is 13.4. The van der Waals surface area contributed by atoms with Crippen LogP contribution < -0.4 is 10.5 Å². The second-order valence-electron chi connectivity index (χ2n) is 4.16. The van der Waals surface area contributed by atoms with Gasteiger partial charge in [-0.25, -0.2) is 13.4 Å². The van der Waals surface area contributed by atoms with E-state index >= 15 is 0 Å².